The third-order valence-corrected chi connectivity index (χ3v) is 3.95. The van der Waals surface area contributed by atoms with E-state index in [-0.39, 0.29) is 17.2 Å². The van der Waals surface area contributed by atoms with Crippen LogP contribution in [0.1, 0.15) is 33.1 Å². The Morgan fingerprint density at radius 1 is 1.29 bits per heavy atom. The Balaban J connectivity index is 2.03. The molecule has 0 aromatic carbocycles. The zero-order valence-corrected chi connectivity index (χ0v) is 10.3. The Kier molecular flexibility index (Phi) is 2.89. The summed E-state index contributed by atoms with van der Waals surface area (Å²) in [6.07, 6.45) is 1.54. The van der Waals surface area contributed by atoms with Gasteiger partial charge in [-0.05, 0) is 11.8 Å². The number of carboxylic acid groups (broad SMARTS) is 1. The lowest BCUT2D eigenvalue weighted by Gasteiger charge is -2.34. The zero-order valence-electron chi connectivity index (χ0n) is 10.3. The Hall–Kier alpha value is -1.10. The van der Waals surface area contributed by atoms with E-state index >= 15 is 0 Å². The molecule has 0 spiro atoms. The second-order valence-electron chi connectivity index (χ2n) is 5.73. The molecule has 2 rings (SSSR count). The number of hydrogen-bond donors (Lipinski definition) is 2. The summed E-state index contributed by atoms with van der Waals surface area (Å²) < 4.78 is 5.16. The molecule has 0 bridgehead atoms. The second kappa shape index (κ2) is 3.98. The average molecular weight is 241 g/mol. The molecule has 1 saturated carbocycles. The van der Waals surface area contributed by atoms with Crippen molar-refractivity contribution in [2.45, 2.75) is 38.6 Å². The number of nitrogens with one attached hydrogen (secondary N) is 1. The van der Waals surface area contributed by atoms with Gasteiger partial charge in [0.15, 0.2) is 0 Å². The van der Waals surface area contributed by atoms with Crippen LogP contribution in [0.15, 0.2) is 0 Å². The van der Waals surface area contributed by atoms with E-state index in [0.717, 1.165) is 6.42 Å². The van der Waals surface area contributed by atoms with Gasteiger partial charge >= 0.3 is 5.97 Å². The van der Waals surface area contributed by atoms with Gasteiger partial charge in [-0.15, -0.1) is 0 Å². The van der Waals surface area contributed by atoms with Crippen LogP contribution < -0.4 is 5.32 Å². The molecule has 1 aliphatic heterocycles. The molecule has 2 N–H and O–H groups in total. The Bertz CT molecular complexity index is 344. The van der Waals surface area contributed by atoms with Gasteiger partial charge in [-0.25, -0.2) is 4.79 Å². The summed E-state index contributed by atoms with van der Waals surface area (Å²) in [4.78, 5) is 23.3. The molecule has 5 heteroatoms. The fourth-order valence-electron chi connectivity index (χ4n) is 2.35. The number of aliphatic carboxylic acids is 1. The minimum atomic E-state index is -1.12. The van der Waals surface area contributed by atoms with Crippen molar-refractivity contribution in [3.8, 4) is 0 Å². The molecule has 17 heavy (non-hydrogen) atoms. The van der Waals surface area contributed by atoms with Gasteiger partial charge < -0.3 is 15.2 Å². The largest absolute Gasteiger partial charge is 0.480 e. The fourth-order valence-corrected chi connectivity index (χ4v) is 2.35. The molecule has 1 aliphatic carbocycles. The van der Waals surface area contributed by atoms with Crippen molar-refractivity contribution in [2.24, 2.45) is 11.3 Å². The van der Waals surface area contributed by atoms with E-state index in [4.69, 9.17) is 4.74 Å². The molecular formula is C12H19NO4. The highest BCUT2D eigenvalue weighted by Crippen LogP contribution is 2.51. The zero-order chi connectivity index (χ0) is 12.7. The van der Waals surface area contributed by atoms with Gasteiger partial charge in [0.1, 0.15) is 5.54 Å². The number of amides is 1. The van der Waals surface area contributed by atoms with E-state index in [1.807, 2.05) is 13.8 Å². The summed E-state index contributed by atoms with van der Waals surface area (Å²) in [7, 11) is 0. The summed E-state index contributed by atoms with van der Waals surface area (Å²) >= 11 is 0. The predicted octanol–water partition coefficient (Wildman–Crippen LogP) is 0.782. The number of rotatable bonds is 3. The van der Waals surface area contributed by atoms with E-state index in [2.05, 4.69) is 5.32 Å². The lowest BCUT2D eigenvalue weighted by atomic mass is 9.89. The maximum Gasteiger partial charge on any atom is 0.329 e. The maximum atomic E-state index is 12.0. The van der Waals surface area contributed by atoms with Crippen molar-refractivity contribution in [1.29, 1.82) is 0 Å². The molecule has 96 valence electrons. The van der Waals surface area contributed by atoms with E-state index in [9.17, 15) is 14.7 Å². The molecule has 5 nitrogen and oxygen atoms in total. The third kappa shape index (κ3) is 2.29. The quantitative estimate of drug-likeness (QED) is 0.765. The monoisotopic (exact) mass is 241 g/mol. The first-order chi connectivity index (χ1) is 7.87. The van der Waals surface area contributed by atoms with E-state index < -0.39 is 11.5 Å². The van der Waals surface area contributed by atoms with Crippen LogP contribution in [0.2, 0.25) is 0 Å². The minimum absolute atomic E-state index is 0.0228. The van der Waals surface area contributed by atoms with Gasteiger partial charge in [0.2, 0.25) is 5.91 Å². The van der Waals surface area contributed by atoms with E-state index in [0.29, 0.717) is 26.1 Å². The van der Waals surface area contributed by atoms with Crippen molar-refractivity contribution in [3.05, 3.63) is 0 Å². The first-order valence-electron chi connectivity index (χ1n) is 6.01. The van der Waals surface area contributed by atoms with Crippen LogP contribution >= 0.6 is 0 Å². The number of hydrogen-bond acceptors (Lipinski definition) is 3. The predicted molar refractivity (Wildman–Crippen MR) is 60.5 cm³/mol. The smallest absolute Gasteiger partial charge is 0.329 e. The van der Waals surface area contributed by atoms with Crippen LogP contribution in [0, 0.1) is 11.3 Å². The van der Waals surface area contributed by atoms with E-state index in [1.54, 1.807) is 0 Å². The summed E-state index contributed by atoms with van der Waals surface area (Å²) in [6, 6.07) is 0. The van der Waals surface area contributed by atoms with Crippen LogP contribution in [0.25, 0.3) is 0 Å². The van der Waals surface area contributed by atoms with Gasteiger partial charge in [-0.1, -0.05) is 13.8 Å². The van der Waals surface area contributed by atoms with Crippen LogP contribution in [0.5, 0.6) is 0 Å². The SMILES string of the molecule is CC1(C)C[C@@H]1C(=O)NC1(C(=O)O)CCOCC1. The summed E-state index contributed by atoms with van der Waals surface area (Å²) in [5, 5.41) is 12.0. The summed E-state index contributed by atoms with van der Waals surface area (Å²) in [5.41, 5.74) is -1.09. The number of ether oxygens (including phenoxy) is 1. The fraction of sp³-hybridized carbons (Fsp3) is 0.833. The Morgan fingerprint density at radius 2 is 1.82 bits per heavy atom. The molecular weight excluding hydrogens is 222 g/mol. The first-order valence-corrected chi connectivity index (χ1v) is 6.01. The molecule has 2 fully saturated rings. The number of carboxylic acids is 1. The van der Waals surface area contributed by atoms with Gasteiger partial charge in [-0.3, -0.25) is 4.79 Å². The highest BCUT2D eigenvalue weighted by Gasteiger charge is 2.53. The number of carbonyl (C=O) groups is 2. The normalized spacial score (nSPS) is 29.4. The summed E-state index contributed by atoms with van der Waals surface area (Å²) in [6.45, 7) is 4.82. The highest BCUT2D eigenvalue weighted by atomic mass is 16.5. The first kappa shape index (κ1) is 12.4. The maximum absolute atomic E-state index is 12.0. The van der Waals surface area contributed by atoms with Gasteiger partial charge in [0, 0.05) is 32.0 Å². The molecule has 1 atom stereocenters. The Labute approximate surface area is 101 Å². The number of carbonyl (C=O) groups excluding carboxylic acids is 1. The van der Waals surface area contributed by atoms with Crippen molar-refractivity contribution >= 4 is 11.9 Å². The van der Waals surface area contributed by atoms with Gasteiger partial charge in [0.05, 0.1) is 0 Å². The average Bonchev–Trinajstić information content (AvgIpc) is 2.89. The minimum Gasteiger partial charge on any atom is -0.480 e. The summed E-state index contributed by atoms with van der Waals surface area (Å²) in [5.74, 6) is -1.12. The molecule has 0 aromatic rings. The highest BCUT2D eigenvalue weighted by molar-refractivity contribution is 5.89. The van der Waals surface area contributed by atoms with Crippen molar-refractivity contribution in [2.75, 3.05) is 13.2 Å². The Morgan fingerprint density at radius 3 is 2.24 bits per heavy atom. The lowest BCUT2D eigenvalue weighted by Crippen LogP contribution is -2.58. The van der Waals surface area contributed by atoms with E-state index in [1.165, 1.54) is 0 Å². The molecule has 0 unspecified atom stereocenters. The van der Waals surface area contributed by atoms with Crippen LogP contribution in [-0.4, -0.2) is 35.7 Å². The molecule has 1 heterocycles. The van der Waals surface area contributed by atoms with Crippen LogP contribution in [-0.2, 0) is 14.3 Å². The third-order valence-electron chi connectivity index (χ3n) is 3.95. The second-order valence-corrected chi connectivity index (χ2v) is 5.73. The molecule has 1 saturated heterocycles. The van der Waals surface area contributed by atoms with Crippen molar-refractivity contribution in [3.63, 3.8) is 0 Å². The molecule has 1 amide bonds. The molecule has 2 aliphatic rings. The molecule has 0 aromatic heterocycles. The van der Waals surface area contributed by atoms with Crippen LogP contribution in [0.3, 0.4) is 0 Å². The lowest BCUT2D eigenvalue weighted by molar-refractivity contribution is -0.152. The van der Waals surface area contributed by atoms with Crippen LogP contribution in [0.4, 0.5) is 0 Å². The topological polar surface area (TPSA) is 75.6 Å². The van der Waals surface area contributed by atoms with Crippen molar-refractivity contribution in [1.82, 2.24) is 5.32 Å². The molecule has 0 radical (unpaired) electrons. The van der Waals surface area contributed by atoms with Gasteiger partial charge in [0.25, 0.3) is 0 Å². The standard InChI is InChI=1S/C12H19NO4/c1-11(2)7-8(11)9(14)13-12(10(15)16)3-5-17-6-4-12/h8H,3-7H2,1-2H3,(H,13,14)(H,15,16)/t8-/m1/s1. The van der Waals surface area contributed by atoms with Crippen molar-refractivity contribution < 1.29 is 19.4 Å². The van der Waals surface area contributed by atoms with Gasteiger partial charge in [-0.2, -0.15) is 0 Å².